The molecule has 0 spiro atoms. The SMILES string of the molecule is COC(=O)C1=C(C)NC(=O)C[C@H]1c1ccc(Cl)nc1. The predicted octanol–water partition coefficient (Wildman–Crippen LogP) is 1.79. The molecule has 100 valence electrons. The van der Waals surface area contributed by atoms with Crippen molar-refractivity contribution >= 4 is 23.5 Å². The Kier molecular flexibility index (Phi) is 3.85. The molecule has 0 unspecified atom stereocenters. The number of methoxy groups -OCH3 is 1. The number of amides is 1. The highest BCUT2D eigenvalue weighted by Gasteiger charge is 2.32. The van der Waals surface area contributed by atoms with E-state index in [9.17, 15) is 9.59 Å². The van der Waals surface area contributed by atoms with Gasteiger partial charge in [-0.2, -0.15) is 0 Å². The summed E-state index contributed by atoms with van der Waals surface area (Å²) in [6.07, 6.45) is 1.76. The minimum absolute atomic E-state index is 0.134. The maximum atomic E-state index is 11.9. The Balaban J connectivity index is 2.46. The molecule has 1 aromatic heterocycles. The molecule has 0 aliphatic carbocycles. The van der Waals surface area contributed by atoms with E-state index in [2.05, 4.69) is 10.3 Å². The van der Waals surface area contributed by atoms with Gasteiger partial charge in [-0.15, -0.1) is 0 Å². The normalized spacial score (nSPS) is 19.1. The van der Waals surface area contributed by atoms with Crippen molar-refractivity contribution in [3.63, 3.8) is 0 Å². The van der Waals surface area contributed by atoms with Crippen LogP contribution < -0.4 is 5.32 Å². The van der Waals surface area contributed by atoms with Crippen LogP contribution in [-0.4, -0.2) is 24.0 Å². The number of esters is 1. The number of nitrogens with zero attached hydrogens (tertiary/aromatic N) is 1. The maximum Gasteiger partial charge on any atom is 0.336 e. The van der Waals surface area contributed by atoms with Gasteiger partial charge in [0, 0.05) is 24.2 Å². The van der Waals surface area contributed by atoms with E-state index in [1.807, 2.05) is 0 Å². The quantitative estimate of drug-likeness (QED) is 0.662. The second kappa shape index (κ2) is 5.40. The molecule has 0 saturated heterocycles. The van der Waals surface area contributed by atoms with Crippen LogP contribution in [0.3, 0.4) is 0 Å². The molecule has 1 atom stereocenters. The third-order valence-corrected chi connectivity index (χ3v) is 3.25. The second-order valence-corrected chi connectivity index (χ2v) is 4.64. The van der Waals surface area contributed by atoms with Crippen LogP contribution in [0.1, 0.15) is 24.8 Å². The van der Waals surface area contributed by atoms with Gasteiger partial charge in [0.15, 0.2) is 0 Å². The van der Waals surface area contributed by atoms with E-state index >= 15 is 0 Å². The summed E-state index contributed by atoms with van der Waals surface area (Å²) in [6, 6.07) is 3.39. The van der Waals surface area contributed by atoms with Crippen LogP contribution in [0.4, 0.5) is 0 Å². The van der Waals surface area contributed by atoms with Gasteiger partial charge in [-0.1, -0.05) is 17.7 Å². The number of pyridine rings is 1. The molecule has 1 aliphatic heterocycles. The number of halogens is 1. The Hall–Kier alpha value is -1.88. The topological polar surface area (TPSA) is 68.3 Å². The number of hydrogen-bond donors (Lipinski definition) is 1. The number of carbonyl (C=O) groups is 2. The Bertz CT molecular complexity index is 552. The Labute approximate surface area is 115 Å². The number of aromatic nitrogens is 1. The second-order valence-electron chi connectivity index (χ2n) is 4.25. The highest BCUT2D eigenvalue weighted by molar-refractivity contribution is 6.29. The zero-order valence-electron chi connectivity index (χ0n) is 10.6. The van der Waals surface area contributed by atoms with E-state index in [0.29, 0.717) is 16.4 Å². The molecule has 1 N–H and O–H groups in total. The molecule has 0 radical (unpaired) electrons. The molecule has 5 nitrogen and oxygen atoms in total. The van der Waals surface area contributed by atoms with Crippen molar-refractivity contribution in [3.05, 3.63) is 40.3 Å². The van der Waals surface area contributed by atoms with E-state index < -0.39 is 5.97 Å². The van der Waals surface area contributed by atoms with Crippen LogP contribution in [0.5, 0.6) is 0 Å². The van der Waals surface area contributed by atoms with Gasteiger partial charge in [0.05, 0.1) is 12.7 Å². The number of nitrogens with one attached hydrogen (secondary N) is 1. The number of carbonyl (C=O) groups excluding carboxylic acids is 2. The molecule has 0 bridgehead atoms. The van der Waals surface area contributed by atoms with E-state index in [1.165, 1.54) is 7.11 Å². The molecular formula is C13H13ClN2O3. The minimum Gasteiger partial charge on any atom is -0.466 e. The van der Waals surface area contributed by atoms with Crippen LogP contribution in [0, 0.1) is 0 Å². The van der Waals surface area contributed by atoms with Gasteiger partial charge in [-0.05, 0) is 18.6 Å². The molecule has 6 heteroatoms. The molecule has 0 saturated carbocycles. The third kappa shape index (κ3) is 2.76. The first kappa shape index (κ1) is 13.5. The van der Waals surface area contributed by atoms with Crippen LogP contribution in [-0.2, 0) is 14.3 Å². The lowest BCUT2D eigenvalue weighted by Gasteiger charge is -2.25. The number of hydrogen-bond acceptors (Lipinski definition) is 4. The van der Waals surface area contributed by atoms with Crippen molar-refractivity contribution in [3.8, 4) is 0 Å². The van der Waals surface area contributed by atoms with Gasteiger partial charge >= 0.3 is 5.97 Å². The van der Waals surface area contributed by atoms with Crippen LogP contribution >= 0.6 is 11.6 Å². The van der Waals surface area contributed by atoms with Gasteiger partial charge in [0.1, 0.15) is 5.15 Å². The zero-order valence-corrected chi connectivity index (χ0v) is 11.3. The summed E-state index contributed by atoms with van der Waals surface area (Å²) < 4.78 is 4.78. The fraction of sp³-hybridized carbons (Fsp3) is 0.308. The Morgan fingerprint density at radius 3 is 2.84 bits per heavy atom. The van der Waals surface area contributed by atoms with Gasteiger partial charge in [0.2, 0.25) is 5.91 Å². The fourth-order valence-electron chi connectivity index (χ4n) is 2.16. The van der Waals surface area contributed by atoms with Crippen LogP contribution in [0.2, 0.25) is 5.15 Å². The van der Waals surface area contributed by atoms with Crippen molar-refractivity contribution < 1.29 is 14.3 Å². The minimum atomic E-state index is -0.447. The zero-order chi connectivity index (χ0) is 14.0. The number of allylic oxidation sites excluding steroid dienone is 1. The fourth-order valence-corrected chi connectivity index (χ4v) is 2.27. The lowest BCUT2D eigenvalue weighted by molar-refractivity contribution is -0.136. The van der Waals surface area contributed by atoms with Crippen molar-refractivity contribution in [2.45, 2.75) is 19.3 Å². The highest BCUT2D eigenvalue weighted by atomic mass is 35.5. The molecule has 2 rings (SSSR count). The first-order chi connectivity index (χ1) is 9.02. The average Bonchev–Trinajstić information content (AvgIpc) is 2.38. The summed E-state index contributed by atoms with van der Waals surface area (Å²) >= 11 is 5.74. The van der Waals surface area contributed by atoms with E-state index in [4.69, 9.17) is 16.3 Å². The number of ether oxygens (including phenoxy) is 1. The molecule has 0 aromatic carbocycles. The van der Waals surface area contributed by atoms with Crippen molar-refractivity contribution in [2.75, 3.05) is 7.11 Å². The maximum absolute atomic E-state index is 11.9. The average molecular weight is 281 g/mol. The lowest BCUT2D eigenvalue weighted by atomic mass is 9.85. The van der Waals surface area contributed by atoms with Gasteiger partial charge in [0.25, 0.3) is 0 Å². The van der Waals surface area contributed by atoms with E-state index in [1.54, 1.807) is 25.3 Å². The summed E-state index contributed by atoms with van der Waals surface area (Å²) in [6.45, 7) is 1.68. The summed E-state index contributed by atoms with van der Waals surface area (Å²) in [4.78, 5) is 27.5. The van der Waals surface area contributed by atoms with E-state index in [-0.39, 0.29) is 18.2 Å². The Morgan fingerprint density at radius 2 is 2.26 bits per heavy atom. The summed E-state index contributed by atoms with van der Waals surface area (Å²) in [5.74, 6) is -0.937. The van der Waals surface area contributed by atoms with E-state index in [0.717, 1.165) is 5.56 Å². The number of rotatable bonds is 2. The third-order valence-electron chi connectivity index (χ3n) is 3.03. The first-order valence-corrected chi connectivity index (χ1v) is 6.11. The molecule has 1 aromatic rings. The standard InChI is InChI=1S/C13H13ClN2O3/c1-7-12(13(18)19-2)9(5-11(17)16-7)8-3-4-10(14)15-6-8/h3-4,6,9H,5H2,1-2H3,(H,16,17)/t9-/m0/s1. The largest absolute Gasteiger partial charge is 0.466 e. The molecule has 0 fully saturated rings. The summed E-state index contributed by atoms with van der Waals surface area (Å²) in [5.41, 5.74) is 1.73. The molecular weight excluding hydrogens is 268 g/mol. The van der Waals surface area contributed by atoms with Crippen LogP contribution in [0.15, 0.2) is 29.6 Å². The summed E-state index contributed by atoms with van der Waals surface area (Å²) in [7, 11) is 1.32. The smallest absolute Gasteiger partial charge is 0.336 e. The highest BCUT2D eigenvalue weighted by Crippen LogP contribution is 2.33. The van der Waals surface area contributed by atoms with Gasteiger partial charge in [-0.3, -0.25) is 4.79 Å². The predicted molar refractivity (Wildman–Crippen MR) is 69.5 cm³/mol. The molecule has 19 heavy (non-hydrogen) atoms. The molecule has 2 heterocycles. The monoisotopic (exact) mass is 280 g/mol. The van der Waals surface area contributed by atoms with Gasteiger partial charge < -0.3 is 10.1 Å². The lowest BCUT2D eigenvalue weighted by Crippen LogP contribution is -2.34. The first-order valence-electron chi connectivity index (χ1n) is 5.73. The van der Waals surface area contributed by atoms with Gasteiger partial charge in [-0.25, -0.2) is 9.78 Å². The summed E-state index contributed by atoms with van der Waals surface area (Å²) in [5, 5.41) is 3.01. The van der Waals surface area contributed by atoms with Crippen molar-refractivity contribution in [2.24, 2.45) is 0 Å². The van der Waals surface area contributed by atoms with Crippen LogP contribution in [0.25, 0.3) is 0 Å². The van der Waals surface area contributed by atoms with Crippen molar-refractivity contribution in [1.82, 2.24) is 10.3 Å². The van der Waals surface area contributed by atoms with Crippen molar-refractivity contribution in [1.29, 1.82) is 0 Å². The Morgan fingerprint density at radius 1 is 1.53 bits per heavy atom. The molecule has 1 amide bonds. The molecule has 1 aliphatic rings.